The van der Waals surface area contributed by atoms with Crippen molar-refractivity contribution in [2.24, 2.45) is 11.0 Å². The molecule has 1 heterocycles. The van der Waals surface area contributed by atoms with Gasteiger partial charge in [0.15, 0.2) is 0 Å². The van der Waals surface area contributed by atoms with Crippen molar-refractivity contribution in [1.82, 2.24) is 5.01 Å². The number of nitrogens with zero attached hydrogens (tertiary/aromatic N) is 3. The van der Waals surface area contributed by atoms with E-state index in [0.29, 0.717) is 6.54 Å². The SMILES string of the molecule is CC(C)(CN1C=CCC([N+](=O)[O-])=N1)ON. The Kier molecular flexibility index (Phi) is 3.38. The average Bonchev–Trinajstić information content (AvgIpc) is 2.17. The fourth-order valence-electron chi connectivity index (χ4n) is 1.13. The summed E-state index contributed by atoms with van der Waals surface area (Å²) in [5.41, 5.74) is -0.604. The number of amidine groups is 1. The van der Waals surface area contributed by atoms with Gasteiger partial charge in [-0.1, -0.05) is 6.08 Å². The van der Waals surface area contributed by atoms with Crippen LogP contribution in [0, 0.1) is 10.1 Å². The van der Waals surface area contributed by atoms with E-state index < -0.39 is 10.5 Å². The number of nitrogens with two attached hydrogens (primary N) is 1. The molecule has 7 heteroatoms. The first kappa shape index (κ1) is 11.6. The summed E-state index contributed by atoms with van der Waals surface area (Å²) in [6, 6.07) is 0. The van der Waals surface area contributed by atoms with E-state index in [0.717, 1.165) is 0 Å². The van der Waals surface area contributed by atoms with E-state index in [1.54, 1.807) is 26.1 Å². The maximum absolute atomic E-state index is 10.5. The molecule has 0 aromatic heterocycles. The van der Waals surface area contributed by atoms with Crippen molar-refractivity contribution >= 4 is 5.84 Å². The molecule has 0 aromatic carbocycles. The smallest absolute Gasteiger partial charge is 0.358 e. The Labute approximate surface area is 87.3 Å². The largest absolute Gasteiger partial charge is 0.367 e. The Bertz CT molecular complexity index is 311. The molecule has 15 heavy (non-hydrogen) atoms. The minimum atomic E-state index is -0.604. The van der Waals surface area contributed by atoms with Gasteiger partial charge in [-0.2, -0.15) is 5.01 Å². The highest BCUT2D eigenvalue weighted by Gasteiger charge is 2.26. The monoisotopic (exact) mass is 214 g/mol. The van der Waals surface area contributed by atoms with Crippen LogP contribution in [0.15, 0.2) is 17.4 Å². The van der Waals surface area contributed by atoms with Gasteiger partial charge in [0, 0.05) is 6.20 Å². The molecule has 0 atom stereocenters. The predicted octanol–water partition coefficient (Wildman–Crippen LogP) is 0.465. The van der Waals surface area contributed by atoms with Crippen LogP contribution < -0.4 is 5.90 Å². The summed E-state index contributed by atoms with van der Waals surface area (Å²) in [5, 5.41) is 15.8. The predicted molar refractivity (Wildman–Crippen MR) is 54.2 cm³/mol. The van der Waals surface area contributed by atoms with Gasteiger partial charge in [-0.05, 0) is 18.8 Å². The summed E-state index contributed by atoms with van der Waals surface area (Å²) in [6.45, 7) is 3.91. The first-order valence-corrected chi connectivity index (χ1v) is 4.48. The van der Waals surface area contributed by atoms with Crippen molar-refractivity contribution in [3.05, 3.63) is 22.4 Å². The molecule has 0 saturated heterocycles. The van der Waals surface area contributed by atoms with E-state index in [2.05, 4.69) is 5.10 Å². The molecule has 0 fully saturated rings. The molecule has 2 N–H and O–H groups in total. The van der Waals surface area contributed by atoms with Crippen molar-refractivity contribution in [3.8, 4) is 0 Å². The number of rotatable bonds is 3. The average molecular weight is 214 g/mol. The molecular weight excluding hydrogens is 200 g/mol. The third-order valence-corrected chi connectivity index (χ3v) is 1.89. The lowest BCUT2D eigenvalue weighted by Crippen LogP contribution is -2.39. The highest BCUT2D eigenvalue weighted by molar-refractivity contribution is 5.75. The van der Waals surface area contributed by atoms with Gasteiger partial charge in [0.1, 0.15) is 5.60 Å². The van der Waals surface area contributed by atoms with Crippen molar-refractivity contribution < 1.29 is 9.76 Å². The summed E-state index contributed by atoms with van der Waals surface area (Å²) in [4.78, 5) is 14.7. The van der Waals surface area contributed by atoms with Crippen LogP contribution in [-0.4, -0.2) is 27.9 Å². The highest BCUT2D eigenvalue weighted by Crippen LogP contribution is 2.12. The Morgan fingerprint density at radius 2 is 2.47 bits per heavy atom. The van der Waals surface area contributed by atoms with E-state index in [1.165, 1.54) is 5.01 Å². The van der Waals surface area contributed by atoms with Gasteiger partial charge < -0.3 is 10.1 Å². The molecule has 0 bridgehead atoms. The standard InChI is InChI=1S/C8H14N4O3/c1-8(2,15-9)6-11-5-3-4-7(10-11)12(13)14/h3,5H,4,6,9H2,1-2H3. The number of hydrogen-bond acceptors (Lipinski definition) is 6. The number of hydrazone groups is 1. The van der Waals surface area contributed by atoms with Crippen LogP contribution in [0.25, 0.3) is 0 Å². The van der Waals surface area contributed by atoms with E-state index in [-0.39, 0.29) is 12.3 Å². The second-order valence-corrected chi connectivity index (χ2v) is 3.84. The Hall–Kier alpha value is -1.47. The lowest BCUT2D eigenvalue weighted by molar-refractivity contribution is -0.354. The van der Waals surface area contributed by atoms with Crippen molar-refractivity contribution in [3.63, 3.8) is 0 Å². The third-order valence-electron chi connectivity index (χ3n) is 1.89. The van der Waals surface area contributed by atoms with Crippen LogP contribution in [0.5, 0.6) is 0 Å². The Morgan fingerprint density at radius 1 is 1.80 bits per heavy atom. The Balaban J connectivity index is 2.67. The topological polar surface area (TPSA) is 94.0 Å². The fourth-order valence-corrected chi connectivity index (χ4v) is 1.13. The molecule has 1 rings (SSSR count). The molecule has 0 spiro atoms. The second-order valence-electron chi connectivity index (χ2n) is 3.84. The van der Waals surface area contributed by atoms with Crippen molar-refractivity contribution in [2.45, 2.75) is 25.9 Å². The summed E-state index contributed by atoms with van der Waals surface area (Å²) in [5.74, 6) is 5.01. The molecular formula is C8H14N4O3. The molecule has 0 amide bonds. The van der Waals surface area contributed by atoms with Crippen molar-refractivity contribution in [1.29, 1.82) is 0 Å². The quantitative estimate of drug-likeness (QED) is 0.544. The van der Waals surface area contributed by atoms with Gasteiger partial charge in [0.25, 0.3) is 0 Å². The molecule has 1 aliphatic heterocycles. The summed E-state index contributed by atoms with van der Waals surface area (Å²) >= 11 is 0. The van der Waals surface area contributed by atoms with Crippen LogP contribution in [0.1, 0.15) is 20.3 Å². The zero-order chi connectivity index (χ0) is 11.5. The maximum Gasteiger partial charge on any atom is 0.367 e. The fraction of sp³-hybridized carbons (Fsp3) is 0.625. The van der Waals surface area contributed by atoms with E-state index >= 15 is 0 Å². The molecule has 0 radical (unpaired) electrons. The lowest BCUT2D eigenvalue weighted by Gasteiger charge is -2.24. The molecule has 1 aliphatic rings. The highest BCUT2D eigenvalue weighted by atomic mass is 16.6. The molecule has 0 saturated carbocycles. The molecule has 84 valence electrons. The van der Waals surface area contributed by atoms with Gasteiger partial charge in [-0.15, -0.1) is 0 Å². The normalized spacial score (nSPS) is 16.5. The Morgan fingerprint density at radius 3 is 3.00 bits per heavy atom. The van der Waals surface area contributed by atoms with Crippen LogP contribution in [0.3, 0.4) is 0 Å². The van der Waals surface area contributed by atoms with Gasteiger partial charge >= 0.3 is 5.84 Å². The van der Waals surface area contributed by atoms with Gasteiger partial charge in [0.05, 0.1) is 18.1 Å². The van der Waals surface area contributed by atoms with Crippen LogP contribution in [-0.2, 0) is 4.84 Å². The van der Waals surface area contributed by atoms with E-state index in [1.807, 2.05) is 0 Å². The molecule has 0 aromatic rings. The van der Waals surface area contributed by atoms with Crippen LogP contribution in [0.4, 0.5) is 0 Å². The molecule has 0 unspecified atom stereocenters. The third kappa shape index (κ3) is 3.30. The van der Waals surface area contributed by atoms with E-state index in [4.69, 9.17) is 10.7 Å². The molecule has 0 aliphatic carbocycles. The zero-order valence-electron chi connectivity index (χ0n) is 8.71. The van der Waals surface area contributed by atoms with Crippen LogP contribution in [0.2, 0.25) is 0 Å². The van der Waals surface area contributed by atoms with E-state index in [9.17, 15) is 10.1 Å². The maximum atomic E-state index is 10.5. The summed E-state index contributed by atoms with van der Waals surface area (Å²) in [7, 11) is 0. The summed E-state index contributed by atoms with van der Waals surface area (Å²) in [6.07, 6.45) is 3.60. The zero-order valence-corrected chi connectivity index (χ0v) is 8.71. The minimum absolute atomic E-state index is 0.0784. The first-order chi connectivity index (χ1) is 6.94. The lowest BCUT2D eigenvalue weighted by atomic mass is 10.1. The van der Waals surface area contributed by atoms with Gasteiger partial charge in [-0.3, -0.25) is 4.84 Å². The summed E-state index contributed by atoms with van der Waals surface area (Å²) < 4.78 is 0. The van der Waals surface area contributed by atoms with Gasteiger partial charge in [-0.25, -0.2) is 5.90 Å². The minimum Gasteiger partial charge on any atom is -0.358 e. The number of hydrogen-bond donors (Lipinski definition) is 1. The van der Waals surface area contributed by atoms with Crippen molar-refractivity contribution in [2.75, 3.05) is 6.54 Å². The second kappa shape index (κ2) is 4.37. The van der Waals surface area contributed by atoms with Gasteiger partial charge in [0.2, 0.25) is 0 Å². The number of nitro groups is 1. The first-order valence-electron chi connectivity index (χ1n) is 4.48. The molecule has 7 nitrogen and oxygen atoms in total. The van der Waals surface area contributed by atoms with Crippen LogP contribution >= 0.6 is 0 Å².